The highest BCUT2D eigenvalue weighted by Gasteiger charge is 2.39. The van der Waals surface area contributed by atoms with Gasteiger partial charge in [0.2, 0.25) is 0 Å². The lowest BCUT2D eigenvalue weighted by Crippen LogP contribution is -2.36. The van der Waals surface area contributed by atoms with E-state index in [1.807, 2.05) is 19.9 Å². The highest BCUT2D eigenvalue weighted by atomic mass is 16.5. The van der Waals surface area contributed by atoms with Crippen LogP contribution in [0.2, 0.25) is 0 Å². The number of aliphatic hydroxyl groups excluding tert-OH is 1. The van der Waals surface area contributed by atoms with E-state index in [0.29, 0.717) is 35.9 Å². The number of likely N-dealkylation sites (tertiary alicyclic amines) is 2. The van der Waals surface area contributed by atoms with Crippen molar-refractivity contribution in [2.75, 3.05) is 39.4 Å². The molecule has 0 aromatic heterocycles. The summed E-state index contributed by atoms with van der Waals surface area (Å²) in [5.41, 5.74) is 3.95. The molecule has 4 saturated carbocycles. The third-order valence-corrected chi connectivity index (χ3v) is 16.6. The minimum absolute atomic E-state index is 0.0212. The van der Waals surface area contributed by atoms with Gasteiger partial charge in [-0.15, -0.1) is 0 Å². The molecule has 67 heavy (non-hydrogen) atoms. The number of hydrogen-bond acceptors (Lipinski definition) is 9. The van der Waals surface area contributed by atoms with Gasteiger partial charge in [0.15, 0.2) is 0 Å². The van der Waals surface area contributed by atoms with Crippen LogP contribution in [0.15, 0.2) is 72.8 Å². The fraction of sp³-hybridized carbons (Fsp3) is 0.621. The van der Waals surface area contributed by atoms with Crippen molar-refractivity contribution in [3.63, 3.8) is 0 Å². The zero-order valence-corrected chi connectivity index (χ0v) is 40.9. The minimum atomic E-state index is -0.0438. The summed E-state index contributed by atoms with van der Waals surface area (Å²) in [7, 11) is 0. The quantitative estimate of drug-likeness (QED) is 0.150. The van der Waals surface area contributed by atoms with Crippen LogP contribution in [0.25, 0.3) is 21.5 Å². The summed E-state index contributed by atoms with van der Waals surface area (Å²) in [6, 6.07) is 25.1. The van der Waals surface area contributed by atoms with Crippen LogP contribution in [0.3, 0.4) is 0 Å². The number of piperidine rings is 2. The fourth-order valence-corrected chi connectivity index (χ4v) is 12.5. The van der Waals surface area contributed by atoms with Gasteiger partial charge in [-0.2, -0.15) is 0 Å². The fourth-order valence-electron chi connectivity index (χ4n) is 12.5. The smallest absolute Gasteiger partial charge is 0.309 e. The molecule has 0 bridgehead atoms. The van der Waals surface area contributed by atoms with Gasteiger partial charge in [0.05, 0.1) is 37.3 Å². The van der Waals surface area contributed by atoms with Crippen LogP contribution >= 0.6 is 0 Å². The summed E-state index contributed by atoms with van der Waals surface area (Å²) in [5.74, 6) is 1.38. The SMILES string of the molecule is CCOC(=O)C1CCN(Cc2ccc3cc(O)ccc3c2)CC1.CCOC(=O)C1CCN(Cc2ccc3cc(OC4CCC5(CCCC5)CC4)ccc3c2)CC1.OC1CCC2(CCCC2)CC1. The predicted molar refractivity (Wildman–Crippen MR) is 268 cm³/mol. The molecule has 10 rings (SSSR count). The van der Waals surface area contributed by atoms with E-state index >= 15 is 0 Å². The molecule has 0 radical (unpaired) electrons. The van der Waals surface area contributed by atoms with Crippen LogP contribution < -0.4 is 4.74 Å². The number of phenols is 1. The van der Waals surface area contributed by atoms with E-state index < -0.39 is 0 Å². The highest BCUT2D eigenvalue weighted by Crippen LogP contribution is 2.50. The van der Waals surface area contributed by atoms with E-state index in [4.69, 9.17) is 14.2 Å². The molecule has 364 valence electrons. The maximum Gasteiger partial charge on any atom is 0.309 e. The highest BCUT2D eigenvalue weighted by molar-refractivity contribution is 5.85. The van der Waals surface area contributed by atoms with Gasteiger partial charge in [-0.05, 0) is 223 Å². The molecule has 2 aliphatic heterocycles. The Morgan fingerprint density at radius 3 is 1.43 bits per heavy atom. The van der Waals surface area contributed by atoms with Crippen molar-refractivity contribution in [2.24, 2.45) is 22.7 Å². The largest absolute Gasteiger partial charge is 0.508 e. The third kappa shape index (κ3) is 13.5. The normalized spacial score (nSPS) is 22.5. The summed E-state index contributed by atoms with van der Waals surface area (Å²) in [5, 5.41) is 23.6. The number of benzene rings is 4. The van der Waals surface area contributed by atoms with Crippen molar-refractivity contribution in [1.82, 2.24) is 9.80 Å². The van der Waals surface area contributed by atoms with Gasteiger partial charge in [0, 0.05) is 13.1 Å². The second kappa shape index (κ2) is 23.4. The molecule has 9 nitrogen and oxygen atoms in total. The van der Waals surface area contributed by atoms with E-state index in [-0.39, 0.29) is 29.9 Å². The van der Waals surface area contributed by atoms with Crippen molar-refractivity contribution in [3.05, 3.63) is 83.9 Å². The molecule has 2 saturated heterocycles. The van der Waals surface area contributed by atoms with Gasteiger partial charge >= 0.3 is 11.9 Å². The standard InChI is InChI=1S/C29H39NO3.C19H23NO3.C10H18O/c1-2-32-28(31)23-11-17-30(18-12-23)21-22-5-6-25-20-27(8-7-24(25)19-22)33-26-9-15-29(16-10-26)13-3-4-14-29;1-2-23-19(22)15-7-9-20(10-8-15)13-14-3-4-17-12-18(21)6-5-16(17)11-14;11-9-3-7-10(8-4-9)5-1-2-6-10/h5-8,19-20,23,26H,2-4,9-18,21H2,1H3;3-6,11-12,15,21H,2,7-10,13H2,1H3;9,11H,1-8H2. The summed E-state index contributed by atoms with van der Waals surface area (Å²) in [4.78, 5) is 28.6. The molecule has 0 unspecified atom stereocenters. The van der Waals surface area contributed by atoms with E-state index in [0.717, 1.165) is 94.3 Å². The number of rotatable bonds is 10. The molecule has 4 aliphatic carbocycles. The maximum absolute atomic E-state index is 12.0. The Morgan fingerprint density at radius 1 is 0.537 bits per heavy atom. The summed E-state index contributed by atoms with van der Waals surface area (Å²) in [6.45, 7) is 10.3. The number of ether oxygens (including phenoxy) is 3. The average Bonchev–Trinajstić information content (AvgIpc) is 4.02. The monoisotopic (exact) mass is 917 g/mol. The Kier molecular flexibility index (Phi) is 17.2. The number of fused-ring (bicyclic) bond motifs is 2. The molecule has 4 aromatic carbocycles. The topological polar surface area (TPSA) is 109 Å². The van der Waals surface area contributed by atoms with Gasteiger partial charge in [0.25, 0.3) is 0 Å². The van der Waals surface area contributed by atoms with Crippen LogP contribution in [0.1, 0.15) is 153 Å². The lowest BCUT2D eigenvalue weighted by Gasteiger charge is -2.37. The number of aromatic hydroxyl groups is 1. The predicted octanol–water partition coefficient (Wildman–Crippen LogP) is 12.3. The first-order chi connectivity index (χ1) is 32.6. The molecule has 6 aliphatic rings. The van der Waals surface area contributed by atoms with Crippen molar-refractivity contribution in [1.29, 1.82) is 0 Å². The zero-order valence-electron chi connectivity index (χ0n) is 40.9. The molecule has 2 heterocycles. The van der Waals surface area contributed by atoms with Crippen molar-refractivity contribution >= 4 is 33.5 Å². The van der Waals surface area contributed by atoms with Crippen LogP contribution in [-0.2, 0) is 32.2 Å². The number of carbonyl (C=O) groups is 2. The first kappa shape index (κ1) is 49.2. The van der Waals surface area contributed by atoms with Gasteiger partial charge < -0.3 is 24.4 Å². The maximum atomic E-state index is 12.0. The van der Waals surface area contributed by atoms with Gasteiger partial charge in [-0.1, -0.05) is 62.1 Å². The van der Waals surface area contributed by atoms with E-state index in [1.165, 1.54) is 112 Å². The van der Waals surface area contributed by atoms with E-state index in [9.17, 15) is 19.8 Å². The average molecular weight is 917 g/mol. The molecule has 6 fully saturated rings. The number of carbonyl (C=O) groups excluding carboxylic acids is 2. The second-order valence-corrected chi connectivity index (χ2v) is 21.3. The first-order valence-electron chi connectivity index (χ1n) is 26.5. The molecule has 4 aromatic rings. The van der Waals surface area contributed by atoms with Gasteiger partial charge in [-0.25, -0.2) is 0 Å². The van der Waals surface area contributed by atoms with Crippen LogP contribution in [0.4, 0.5) is 0 Å². The number of aliphatic hydroxyl groups is 1. The van der Waals surface area contributed by atoms with Crippen LogP contribution in [-0.4, -0.2) is 83.6 Å². The first-order valence-corrected chi connectivity index (χ1v) is 26.5. The van der Waals surface area contributed by atoms with Crippen LogP contribution in [0, 0.1) is 22.7 Å². The molecular formula is C58H80N2O7. The van der Waals surface area contributed by atoms with E-state index in [2.05, 4.69) is 64.4 Å². The molecule has 9 heteroatoms. The Morgan fingerprint density at radius 2 is 0.955 bits per heavy atom. The Hall–Kier alpha value is -4.18. The Balaban J connectivity index is 0.000000154. The Labute approximate surface area is 400 Å². The summed E-state index contributed by atoms with van der Waals surface area (Å²) in [6.07, 6.45) is 25.4. The molecule has 0 atom stereocenters. The minimum Gasteiger partial charge on any atom is -0.508 e. The number of hydrogen-bond donors (Lipinski definition) is 2. The number of esters is 2. The van der Waals surface area contributed by atoms with Crippen molar-refractivity contribution in [3.8, 4) is 11.5 Å². The number of nitrogens with zero attached hydrogens (tertiary/aromatic N) is 2. The molecule has 2 spiro atoms. The summed E-state index contributed by atoms with van der Waals surface area (Å²) < 4.78 is 16.7. The third-order valence-electron chi connectivity index (χ3n) is 16.6. The summed E-state index contributed by atoms with van der Waals surface area (Å²) >= 11 is 0. The second-order valence-electron chi connectivity index (χ2n) is 21.3. The number of phenolic OH excluding ortho intramolecular Hbond substituents is 1. The molecular weight excluding hydrogens is 837 g/mol. The Bertz CT molecular complexity index is 2190. The van der Waals surface area contributed by atoms with Crippen LogP contribution in [0.5, 0.6) is 11.5 Å². The molecule has 0 amide bonds. The van der Waals surface area contributed by atoms with Crippen molar-refractivity contribution in [2.45, 2.75) is 168 Å². The van der Waals surface area contributed by atoms with Gasteiger partial charge in [0.1, 0.15) is 11.5 Å². The zero-order chi connectivity index (χ0) is 46.6. The molecule has 2 N–H and O–H groups in total. The lowest BCUT2D eigenvalue weighted by molar-refractivity contribution is -0.150. The van der Waals surface area contributed by atoms with Crippen molar-refractivity contribution < 1.29 is 34.0 Å². The van der Waals surface area contributed by atoms with Gasteiger partial charge in [-0.3, -0.25) is 19.4 Å². The lowest BCUT2D eigenvalue weighted by atomic mass is 9.72. The van der Waals surface area contributed by atoms with E-state index in [1.54, 1.807) is 12.1 Å².